The van der Waals surface area contributed by atoms with E-state index in [-0.39, 0.29) is 30.0 Å². The molecule has 1 aliphatic heterocycles. The largest absolute Gasteiger partial charge is 0.393 e. The average Bonchev–Trinajstić information content (AvgIpc) is 2.54. The second kappa shape index (κ2) is 3.79. The Hall–Kier alpha value is -1.45. The summed E-state index contributed by atoms with van der Waals surface area (Å²) in [6, 6.07) is 0. The van der Waals surface area contributed by atoms with E-state index in [2.05, 4.69) is 11.3 Å². The molecule has 2 aliphatic rings. The van der Waals surface area contributed by atoms with Gasteiger partial charge in [-0.05, 0) is 24.3 Å². The standard InChI is InChI=1S/C13H16O4/c1-4-10(14)13(3)6-9-8(7(13)2)5-11(15)17-12(9)16/h4,7-9H,1,5-6H2,2-3H3. The average molecular weight is 236 g/mol. The summed E-state index contributed by atoms with van der Waals surface area (Å²) in [5.74, 6) is -1.40. The van der Waals surface area contributed by atoms with Crippen molar-refractivity contribution in [1.29, 1.82) is 0 Å². The van der Waals surface area contributed by atoms with E-state index in [4.69, 9.17) is 0 Å². The molecule has 0 aromatic carbocycles. The number of carbonyl (C=O) groups is 3. The number of carbonyl (C=O) groups excluding carboxylic acids is 3. The van der Waals surface area contributed by atoms with Gasteiger partial charge < -0.3 is 4.74 Å². The minimum Gasteiger partial charge on any atom is -0.393 e. The summed E-state index contributed by atoms with van der Waals surface area (Å²) in [6.45, 7) is 7.28. The summed E-state index contributed by atoms with van der Waals surface area (Å²) < 4.78 is 4.64. The third-order valence-electron chi connectivity index (χ3n) is 4.48. The van der Waals surface area contributed by atoms with Crippen LogP contribution in [0.1, 0.15) is 26.7 Å². The van der Waals surface area contributed by atoms with Crippen molar-refractivity contribution in [3.8, 4) is 0 Å². The van der Waals surface area contributed by atoms with E-state index in [1.54, 1.807) is 0 Å². The monoisotopic (exact) mass is 236 g/mol. The quantitative estimate of drug-likeness (QED) is 0.414. The summed E-state index contributed by atoms with van der Waals surface area (Å²) in [7, 11) is 0. The van der Waals surface area contributed by atoms with Crippen molar-refractivity contribution in [2.45, 2.75) is 26.7 Å². The Morgan fingerprint density at radius 1 is 1.53 bits per heavy atom. The van der Waals surface area contributed by atoms with Crippen LogP contribution < -0.4 is 0 Å². The number of esters is 2. The first-order valence-corrected chi connectivity index (χ1v) is 5.81. The van der Waals surface area contributed by atoms with E-state index in [1.807, 2.05) is 13.8 Å². The molecular formula is C13H16O4. The minimum absolute atomic E-state index is 0.00481. The van der Waals surface area contributed by atoms with Gasteiger partial charge in [-0.25, -0.2) is 0 Å². The Bertz CT molecular complexity index is 412. The topological polar surface area (TPSA) is 60.4 Å². The van der Waals surface area contributed by atoms with Gasteiger partial charge in [-0.3, -0.25) is 14.4 Å². The Morgan fingerprint density at radius 2 is 2.18 bits per heavy atom. The molecule has 0 aromatic heterocycles. The van der Waals surface area contributed by atoms with E-state index >= 15 is 0 Å². The molecule has 2 fully saturated rings. The third kappa shape index (κ3) is 1.63. The van der Waals surface area contributed by atoms with Crippen LogP contribution in [0.3, 0.4) is 0 Å². The van der Waals surface area contributed by atoms with Gasteiger partial charge in [-0.1, -0.05) is 20.4 Å². The number of hydrogen-bond donors (Lipinski definition) is 0. The zero-order chi connectivity index (χ0) is 12.8. The summed E-state index contributed by atoms with van der Waals surface area (Å²) in [6.07, 6.45) is 1.99. The third-order valence-corrected chi connectivity index (χ3v) is 4.48. The number of cyclic esters (lactones) is 2. The highest BCUT2D eigenvalue weighted by atomic mass is 16.6. The Labute approximate surface area is 100 Å². The van der Waals surface area contributed by atoms with Gasteiger partial charge in [0, 0.05) is 11.8 Å². The lowest BCUT2D eigenvalue weighted by atomic mass is 9.74. The van der Waals surface area contributed by atoms with Crippen LogP contribution in [0.4, 0.5) is 0 Å². The first-order chi connectivity index (χ1) is 7.90. The van der Waals surface area contributed by atoms with Gasteiger partial charge in [0.25, 0.3) is 0 Å². The first kappa shape index (κ1) is 12.0. The molecule has 2 rings (SSSR count). The molecule has 1 aliphatic carbocycles. The summed E-state index contributed by atoms with van der Waals surface area (Å²) in [5, 5.41) is 0. The molecule has 17 heavy (non-hydrogen) atoms. The van der Waals surface area contributed by atoms with Crippen LogP contribution >= 0.6 is 0 Å². The summed E-state index contributed by atoms with van der Waals surface area (Å²) in [4.78, 5) is 34.8. The number of ketones is 1. The maximum Gasteiger partial charge on any atom is 0.316 e. The number of allylic oxidation sites excluding steroid dienone is 1. The second-order valence-electron chi connectivity index (χ2n) is 5.25. The molecule has 1 saturated heterocycles. The molecule has 4 heteroatoms. The SMILES string of the molecule is C=CC(=O)C1(C)CC2C(=O)OC(=O)CC2C1C. The zero-order valence-electron chi connectivity index (χ0n) is 10.1. The van der Waals surface area contributed by atoms with Crippen LogP contribution in [0, 0.1) is 23.2 Å². The number of rotatable bonds is 2. The maximum absolute atomic E-state index is 11.9. The molecular weight excluding hydrogens is 220 g/mol. The van der Waals surface area contributed by atoms with Gasteiger partial charge in [-0.2, -0.15) is 0 Å². The molecule has 0 aromatic rings. The fourth-order valence-corrected chi connectivity index (χ4v) is 3.17. The Balaban J connectivity index is 2.33. The Morgan fingerprint density at radius 3 is 2.76 bits per heavy atom. The van der Waals surface area contributed by atoms with Crippen molar-refractivity contribution in [3.05, 3.63) is 12.7 Å². The Kier molecular flexibility index (Phi) is 2.68. The number of hydrogen-bond acceptors (Lipinski definition) is 4. The van der Waals surface area contributed by atoms with Crippen molar-refractivity contribution in [3.63, 3.8) is 0 Å². The second-order valence-corrected chi connectivity index (χ2v) is 5.25. The highest BCUT2D eigenvalue weighted by molar-refractivity contribution is 5.97. The zero-order valence-corrected chi connectivity index (χ0v) is 10.1. The number of ether oxygens (including phenoxy) is 1. The lowest BCUT2D eigenvalue weighted by Gasteiger charge is -2.29. The highest BCUT2D eigenvalue weighted by Gasteiger charge is 2.56. The molecule has 4 atom stereocenters. The molecule has 1 heterocycles. The molecule has 0 bridgehead atoms. The van der Waals surface area contributed by atoms with Gasteiger partial charge in [0.05, 0.1) is 5.92 Å². The minimum atomic E-state index is -0.597. The van der Waals surface area contributed by atoms with Gasteiger partial charge >= 0.3 is 11.9 Å². The van der Waals surface area contributed by atoms with E-state index in [9.17, 15) is 14.4 Å². The number of fused-ring (bicyclic) bond motifs is 1. The lowest BCUT2D eigenvalue weighted by Crippen LogP contribution is -2.34. The van der Waals surface area contributed by atoms with E-state index in [1.165, 1.54) is 6.08 Å². The van der Waals surface area contributed by atoms with Crippen LogP contribution in [-0.4, -0.2) is 17.7 Å². The van der Waals surface area contributed by atoms with Crippen LogP contribution in [0.5, 0.6) is 0 Å². The van der Waals surface area contributed by atoms with Crippen molar-refractivity contribution in [1.82, 2.24) is 0 Å². The van der Waals surface area contributed by atoms with Crippen molar-refractivity contribution >= 4 is 17.7 Å². The van der Waals surface area contributed by atoms with Crippen molar-refractivity contribution < 1.29 is 19.1 Å². The van der Waals surface area contributed by atoms with Crippen LogP contribution in [0.2, 0.25) is 0 Å². The first-order valence-electron chi connectivity index (χ1n) is 5.81. The van der Waals surface area contributed by atoms with Gasteiger partial charge in [0.2, 0.25) is 0 Å². The summed E-state index contributed by atoms with van der Waals surface area (Å²) >= 11 is 0. The molecule has 0 amide bonds. The molecule has 0 radical (unpaired) electrons. The van der Waals surface area contributed by atoms with Crippen molar-refractivity contribution in [2.75, 3.05) is 0 Å². The molecule has 4 unspecified atom stereocenters. The molecule has 0 spiro atoms. The maximum atomic E-state index is 11.9. The summed E-state index contributed by atoms with van der Waals surface area (Å²) in [5.41, 5.74) is -0.597. The van der Waals surface area contributed by atoms with E-state index < -0.39 is 17.4 Å². The van der Waals surface area contributed by atoms with Crippen LogP contribution in [-0.2, 0) is 19.1 Å². The van der Waals surface area contributed by atoms with Crippen LogP contribution in [0.15, 0.2) is 12.7 Å². The smallest absolute Gasteiger partial charge is 0.316 e. The van der Waals surface area contributed by atoms with Crippen LogP contribution in [0.25, 0.3) is 0 Å². The molecule has 4 nitrogen and oxygen atoms in total. The highest BCUT2D eigenvalue weighted by Crippen LogP contribution is 2.53. The van der Waals surface area contributed by atoms with Gasteiger partial charge in [0.1, 0.15) is 0 Å². The molecule has 92 valence electrons. The van der Waals surface area contributed by atoms with E-state index in [0.29, 0.717) is 6.42 Å². The predicted molar refractivity (Wildman–Crippen MR) is 59.8 cm³/mol. The van der Waals surface area contributed by atoms with Gasteiger partial charge in [-0.15, -0.1) is 0 Å². The lowest BCUT2D eigenvalue weighted by molar-refractivity contribution is -0.170. The molecule has 0 N–H and O–H groups in total. The molecule has 1 saturated carbocycles. The van der Waals surface area contributed by atoms with Gasteiger partial charge in [0.15, 0.2) is 5.78 Å². The van der Waals surface area contributed by atoms with E-state index in [0.717, 1.165) is 0 Å². The fraction of sp³-hybridized carbons (Fsp3) is 0.615. The predicted octanol–water partition coefficient (Wildman–Crippen LogP) is 1.49. The van der Waals surface area contributed by atoms with Crippen molar-refractivity contribution in [2.24, 2.45) is 23.2 Å². The normalized spacial score (nSPS) is 40.7. The fourth-order valence-electron chi connectivity index (χ4n) is 3.17.